The van der Waals surface area contributed by atoms with Crippen LogP contribution < -0.4 is 0 Å². The predicted octanol–water partition coefficient (Wildman–Crippen LogP) is 2.49. The lowest BCUT2D eigenvalue weighted by molar-refractivity contribution is -0.138. The smallest absolute Gasteiger partial charge is 0.380 e. The van der Waals surface area contributed by atoms with Gasteiger partial charge in [-0.3, -0.25) is 9.59 Å². The van der Waals surface area contributed by atoms with Crippen LogP contribution in [0.1, 0.15) is 22.3 Å². The SMILES string of the molecule is O=C1CCOCC1C(=O)c1ccccc1C(F)(F)F. The third-order valence-electron chi connectivity index (χ3n) is 2.98. The highest BCUT2D eigenvalue weighted by Gasteiger charge is 2.38. The summed E-state index contributed by atoms with van der Waals surface area (Å²) in [6.07, 6.45) is -4.56. The van der Waals surface area contributed by atoms with Gasteiger partial charge in [0, 0.05) is 12.0 Å². The van der Waals surface area contributed by atoms with Crippen molar-refractivity contribution in [3.63, 3.8) is 0 Å². The molecular weight excluding hydrogens is 261 g/mol. The van der Waals surface area contributed by atoms with Crippen molar-refractivity contribution < 1.29 is 27.5 Å². The number of ether oxygens (including phenoxy) is 1. The molecule has 1 heterocycles. The van der Waals surface area contributed by atoms with E-state index in [0.29, 0.717) is 0 Å². The van der Waals surface area contributed by atoms with E-state index in [4.69, 9.17) is 4.74 Å². The lowest BCUT2D eigenvalue weighted by Gasteiger charge is -2.21. The molecule has 0 N–H and O–H groups in total. The van der Waals surface area contributed by atoms with Crippen LogP contribution in [-0.2, 0) is 15.7 Å². The van der Waals surface area contributed by atoms with E-state index in [0.717, 1.165) is 12.1 Å². The van der Waals surface area contributed by atoms with Crippen molar-refractivity contribution in [1.82, 2.24) is 0 Å². The van der Waals surface area contributed by atoms with E-state index in [2.05, 4.69) is 0 Å². The number of halogens is 3. The molecule has 3 nitrogen and oxygen atoms in total. The second kappa shape index (κ2) is 5.13. The van der Waals surface area contributed by atoms with Gasteiger partial charge in [0.15, 0.2) is 5.78 Å². The van der Waals surface area contributed by atoms with Crippen molar-refractivity contribution in [1.29, 1.82) is 0 Å². The van der Waals surface area contributed by atoms with E-state index in [-0.39, 0.29) is 25.4 Å². The second-order valence-corrected chi connectivity index (χ2v) is 4.25. The second-order valence-electron chi connectivity index (χ2n) is 4.25. The van der Waals surface area contributed by atoms with Gasteiger partial charge in [0.2, 0.25) is 0 Å². The van der Waals surface area contributed by atoms with Crippen LogP contribution in [0.5, 0.6) is 0 Å². The molecule has 0 amide bonds. The van der Waals surface area contributed by atoms with Crippen LogP contribution in [0.4, 0.5) is 13.2 Å². The van der Waals surface area contributed by atoms with E-state index in [1.54, 1.807) is 0 Å². The van der Waals surface area contributed by atoms with Crippen LogP contribution in [0.15, 0.2) is 24.3 Å². The van der Waals surface area contributed by atoms with Gasteiger partial charge in [0.1, 0.15) is 11.7 Å². The Bertz CT molecular complexity index is 508. The largest absolute Gasteiger partial charge is 0.417 e. The maximum atomic E-state index is 12.8. The van der Waals surface area contributed by atoms with E-state index in [1.807, 2.05) is 0 Å². The molecule has 0 aliphatic carbocycles. The van der Waals surface area contributed by atoms with Crippen LogP contribution in [0.25, 0.3) is 0 Å². The van der Waals surface area contributed by atoms with E-state index in [1.165, 1.54) is 12.1 Å². The fourth-order valence-electron chi connectivity index (χ4n) is 2.00. The number of carbonyl (C=O) groups excluding carboxylic acids is 2. The zero-order valence-corrected chi connectivity index (χ0v) is 9.87. The van der Waals surface area contributed by atoms with Crippen LogP contribution in [0, 0.1) is 5.92 Å². The molecule has 1 fully saturated rings. The van der Waals surface area contributed by atoms with Gasteiger partial charge in [0.25, 0.3) is 0 Å². The molecule has 1 aliphatic rings. The van der Waals surface area contributed by atoms with Crippen molar-refractivity contribution >= 4 is 11.6 Å². The van der Waals surface area contributed by atoms with Crippen molar-refractivity contribution in [2.24, 2.45) is 5.92 Å². The van der Waals surface area contributed by atoms with Crippen LogP contribution in [0.2, 0.25) is 0 Å². The summed E-state index contributed by atoms with van der Waals surface area (Å²) in [6, 6.07) is 4.48. The van der Waals surface area contributed by atoms with Gasteiger partial charge in [-0.2, -0.15) is 13.2 Å². The number of ketones is 2. The Balaban J connectivity index is 2.36. The molecule has 6 heteroatoms. The molecule has 0 bridgehead atoms. The van der Waals surface area contributed by atoms with Gasteiger partial charge >= 0.3 is 6.18 Å². The molecule has 102 valence electrons. The number of hydrogen-bond acceptors (Lipinski definition) is 3. The Hall–Kier alpha value is -1.69. The Morgan fingerprint density at radius 3 is 2.58 bits per heavy atom. The quantitative estimate of drug-likeness (QED) is 0.613. The van der Waals surface area contributed by atoms with Crippen molar-refractivity contribution in [3.05, 3.63) is 35.4 Å². The van der Waals surface area contributed by atoms with Gasteiger partial charge in [-0.05, 0) is 6.07 Å². The normalized spacial score (nSPS) is 20.4. The van der Waals surface area contributed by atoms with Crippen LogP contribution >= 0.6 is 0 Å². The highest BCUT2D eigenvalue weighted by Crippen LogP contribution is 2.33. The predicted molar refractivity (Wildman–Crippen MR) is 59.7 cm³/mol. The lowest BCUT2D eigenvalue weighted by Crippen LogP contribution is -2.34. The zero-order valence-electron chi connectivity index (χ0n) is 9.87. The molecule has 1 atom stereocenters. The lowest BCUT2D eigenvalue weighted by atomic mass is 9.89. The number of alkyl halides is 3. The summed E-state index contributed by atoms with van der Waals surface area (Å²) < 4.78 is 43.4. The first-order chi connectivity index (χ1) is 8.91. The first-order valence-electron chi connectivity index (χ1n) is 5.72. The molecule has 1 aliphatic heterocycles. The third-order valence-corrected chi connectivity index (χ3v) is 2.98. The number of hydrogen-bond donors (Lipinski definition) is 0. The highest BCUT2D eigenvalue weighted by atomic mass is 19.4. The van der Waals surface area contributed by atoms with Gasteiger partial charge in [0.05, 0.1) is 18.8 Å². The highest BCUT2D eigenvalue weighted by molar-refractivity contribution is 6.11. The van der Waals surface area contributed by atoms with Gasteiger partial charge < -0.3 is 4.74 Å². The van der Waals surface area contributed by atoms with Gasteiger partial charge in [-0.1, -0.05) is 18.2 Å². The molecule has 0 spiro atoms. The Morgan fingerprint density at radius 1 is 1.26 bits per heavy atom. The maximum absolute atomic E-state index is 12.8. The summed E-state index contributed by atoms with van der Waals surface area (Å²) in [6.45, 7) is 0.0629. The summed E-state index contributed by atoms with van der Waals surface area (Å²) >= 11 is 0. The summed E-state index contributed by atoms with van der Waals surface area (Å²) in [5, 5.41) is 0. The van der Waals surface area contributed by atoms with E-state index >= 15 is 0 Å². The molecule has 0 saturated carbocycles. The summed E-state index contributed by atoms with van der Waals surface area (Å²) in [5.41, 5.74) is -1.49. The zero-order chi connectivity index (χ0) is 14.0. The van der Waals surface area contributed by atoms with Crippen molar-refractivity contribution in [2.45, 2.75) is 12.6 Å². The number of benzene rings is 1. The van der Waals surface area contributed by atoms with Gasteiger partial charge in [-0.25, -0.2) is 0 Å². The minimum atomic E-state index is -4.62. The molecule has 2 rings (SSSR count). The fraction of sp³-hybridized carbons (Fsp3) is 0.385. The van der Waals surface area contributed by atoms with Crippen molar-refractivity contribution in [3.8, 4) is 0 Å². The number of Topliss-reactive ketones (excluding diaryl/α,β-unsaturated/α-hetero) is 2. The number of rotatable bonds is 2. The van der Waals surface area contributed by atoms with E-state index in [9.17, 15) is 22.8 Å². The monoisotopic (exact) mass is 272 g/mol. The Morgan fingerprint density at radius 2 is 1.95 bits per heavy atom. The molecule has 1 aromatic rings. The third kappa shape index (κ3) is 2.84. The minimum absolute atomic E-state index is 0.0601. The molecular formula is C13H11F3O3. The average molecular weight is 272 g/mol. The molecule has 19 heavy (non-hydrogen) atoms. The molecule has 1 aromatic carbocycles. The first kappa shape index (κ1) is 13.7. The summed E-state index contributed by atoms with van der Waals surface area (Å²) in [5.74, 6) is -2.32. The first-order valence-corrected chi connectivity index (χ1v) is 5.72. The average Bonchev–Trinajstić information content (AvgIpc) is 2.37. The summed E-state index contributed by atoms with van der Waals surface area (Å²) in [7, 11) is 0. The standard InChI is InChI=1S/C13H11F3O3/c14-13(15,16)10-4-2-1-3-8(10)12(18)9-7-19-6-5-11(9)17/h1-4,9H,5-7H2. The number of carbonyl (C=O) groups is 2. The Labute approximate surface area is 107 Å². The van der Waals surface area contributed by atoms with Crippen LogP contribution in [0.3, 0.4) is 0 Å². The topological polar surface area (TPSA) is 43.4 Å². The Kier molecular flexibility index (Phi) is 3.71. The maximum Gasteiger partial charge on any atom is 0.417 e. The summed E-state index contributed by atoms with van der Waals surface area (Å²) in [4.78, 5) is 23.7. The molecule has 1 saturated heterocycles. The molecule has 0 radical (unpaired) electrons. The minimum Gasteiger partial charge on any atom is -0.380 e. The van der Waals surface area contributed by atoms with Gasteiger partial charge in [-0.15, -0.1) is 0 Å². The fourth-order valence-corrected chi connectivity index (χ4v) is 2.00. The van der Waals surface area contributed by atoms with Crippen molar-refractivity contribution in [2.75, 3.05) is 13.2 Å². The van der Waals surface area contributed by atoms with E-state index < -0.39 is 29.0 Å². The van der Waals surface area contributed by atoms with Crippen LogP contribution in [-0.4, -0.2) is 24.8 Å². The molecule has 0 aromatic heterocycles. The molecule has 1 unspecified atom stereocenters.